The molecule has 1 heterocycles. The van der Waals surface area contributed by atoms with E-state index in [4.69, 9.17) is 5.73 Å². The van der Waals surface area contributed by atoms with Crippen molar-refractivity contribution in [3.05, 3.63) is 30.1 Å². The van der Waals surface area contributed by atoms with E-state index in [0.717, 1.165) is 18.8 Å². The fourth-order valence-corrected chi connectivity index (χ4v) is 3.31. The minimum atomic E-state index is 0.162. The predicted octanol–water partition coefficient (Wildman–Crippen LogP) is 2.42. The Hall–Kier alpha value is -0.930. The van der Waals surface area contributed by atoms with Gasteiger partial charge in [0.05, 0.1) is 5.69 Å². The van der Waals surface area contributed by atoms with Crippen molar-refractivity contribution < 1.29 is 0 Å². The quantitative estimate of drug-likeness (QED) is 0.888. The van der Waals surface area contributed by atoms with E-state index in [0.29, 0.717) is 5.92 Å². The van der Waals surface area contributed by atoms with Gasteiger partial charge in [0.15, 0.2) is 0 Å². The summed E-state index contributed by atoms with van der Waals surface area (Å²) < 4.78 is 0. The molecule has 0 radical (unpaired) electrons. The second-order valence-electron chi connectivity index (χ2n) is 5.63. The first-order valence-corrected chi connectivity index (χ1v) is 7.00. The lowest BCUT2D eigenvalue weighted by Crippen LogP contribution is -2.57. The minimum Gasteiger partial charge on any atom is -0.329 e. The maximum atomic E-state index is 6.12. The average Bonchev–Trinajstić information content (AvgIpc) is 2.40. The second-order valence-corrected chi connectivity index (χ2v) is 5.63. The number of likely N-dealkylation sites (N-methyl/N-ethyl adjacent to an activating group) is 1. The van der Waals surface area contributed by atoms with E-state index >= 15 is 0 Å². The van der Waals surface area contributed by atoms with Gasteiger partial charge in [-0.2, -0.15) is 0 Å². The summed E-state index contributed by atoms with van der Waals surface area (Å²) in [6, 6.07) is 6.11. The highest BCUT2D eigenvalue weighted by Crippen LogP contribution is 2.37. The first-order valence-electron chi connectivity index (χ1n) is 7.00. The topological polar surface area (TPSA) is 42.1 Å². The number of nitrogens with zero attached hydrogens (tertiary/aromatic N) is 2. The zero-order valence-corrected chi connectivity index (χ0v) is 11.6. The van der Waals surface area contributed by atoms with E-state index in [1.807, 2.05) is 12.3 Å². The first kappa shape index (κ1) is 13.5. The van der Waals surface area contributed by atoms with Crippen LogP contribution in [-0.4, -0.2) is 29.0 Å². The fraction of sp³-hybridized carbons (Fsp3) is 0.667. The maximum absolute atomic E-state index is 6.12. The lowest BCUT2D eigenvalue weighted by atomic mass is 9.72. The lowest BCUT2D eigenvalue weighted by Gasteiger charge is -2.48. The van der Waals surface area contributed by atoms with Gasteiger partial charge in [-0.1, -0.05) is 25.8 Å². The Balaban J connectivity index is 2.12. The molecule has 2 N–H and O–H groups in total. The summed E-state index contributed by atoms with van der Waals surface area (Å²) in [5.74, 6) is 0.671. The third-order valence-corrected chi connectivity index (χ3v) is 4.65. The van der Waals surface area contributed by atoms with E-state index in [1.54, 1.807) is 0 Å². The molecule has 2 atom stereocenters. The van der Waals surface area contributed by atoms with E-state index in [-0.39, 0.29) is 5.54 Å². The molecule has 1 fully saturated rings. The van der Waals surface area contributed by atoms with Gasteiger partial charge in [-0.25, -0.2) is 0 Å². The zero-order valence-electron chi connectivity index (χ0n) is 11.6. The molecule has 3 heteroatoms. The normalized spacial score (nSPS) is 28.6. The van der Waals surface area contributed by atoms with Crippen LogP contribution in [0.4, 0.5) is 0 Å². The molecule has 1 aliphatic rings. The van der Waals surface area contributed by atoms with Crippen LogP contribution in [0, 0.1) is 5.92 Å². The Morgan fingerprint density at radius 1 is 1.44 bits per heavy atom. The molecule has 0 aromatic carbocycles. The number of hydrogen-bond donors (Lipinski definition) is 1. The molecule has 1 aliphatic carbocycles. The third kappa shape index (κ3) is 2.57. The van der Waals surface area contributed by atoms with Crippen molar-refractivity contribution in [1.82, 2.24) is 9.88 Å². The highest BCUT2D eigenvalue weighted by atomic mass is 15.2. The SMILES string of the molecule is CC1CCCCC1(CN)N(C)Cc1ccccn1. The maximum Gasteiger partial charge on any atom is 0.0544 e. The summed E-state index contributed by atoms with van der Waals surface area (Å²) >= 11 is 0. The van der Waals surface area contributed by atoms with Crippen molar-refractivity contribution in [3.8, 4) is 0 Å². The van der Waals surface area contributed by atoms with Gasteiger partial charge in [0.2, 0.25) is 0 Å². The number of nitrogens with two attached hydrogens (primary N) is 1. The largest absolute Gasteiger partial charge is 0.329 e. The Labute approximate surface area is 110 Å². The van der Waals surface area contributed by atoms with Gasteiger partial charge in [-0.15, -0.1) is 0 Å². The van der Waals surface area contributed by atoms with Crippen molar-refractivity contribution in [2.75, 3.05) is 13.6 Å². The summed E-state index contributed by atoms with van der Waals surface area (Å²) in [5, 5.41) is 0. The van der Waals surface area contributed by atoms with Gasteiger partial charge in [-0.05, 0) is 37.9 Å². The van der Waals surface area contributed by atoms with Crippen LogP contribution in [0.5, 0.6) is 0 Å². The molecule has 0 saturated heterocycles. The van der Waals surface area contributed by atoms with Crippen LogP contribution in [0.2, 0.25) is 0 Å². The van der Waals surface area contributed by atoms with Gasteiger partial charge in [-0.3, -0.25) is 9.88 Å². The summed E-state index contributed by atoms with van der Waals surface area (Å²) in [6.45, 7) is 3.99. The van der Waals surface area contributed by atoms with Crippen molar-refractivity contribution >= 4 is 0 Å². The molecule has 1 aromatic heterocycles. The van der Waals surface area contributed by atoms with Gasteiger partial charge in [0.25, 0.3) is 0 Å². The number of hydrogen-bond acceptors (Lipinski definition) is 3. The fourth-order valence-electron chi connectivity index (χ4n) is 3.31. The molecule has 1 aromatic rings. The molecular weight excluding hydrogens is 222 g/mol. The second kappa shape index (κ2) is 5.81. The predicted molar refractivity (Wildman–Crippen MR) is 75.1 cm³/mol. The summed E-state index contributed by atoms with van der Waals surface area (Å²) in [4.78, 5) is 6.85. The molecule has 100 valence electrons. The van der Waals surface area contributed by atoms with Crippen molar-refractivity contribution in [1.29, 1.82) is 0 Å². The molecule has 1 saturated carbocycles. The highest BCUT2D eigenvalue weighted by Gasteiger charge is 2.40. The molecular formula is C15H25N3. The van der Waals surface area contributed by atoms with E-state index in [9.17, 15) is 0 Å². The summed E-state index contributed by atoms with van der Waals surface area (Å²) in [7, 11) is 2.20. The van der Waals surface area contributed by atoms with Gasteiger partial charge in [0, 0.05) is 24.8 Å². The van der Waals surface area contributed by atoms with Crippen LogP contribution in [-0.2, 0) is 6.54 Å². The van der Waals surface area contributed by atoms with Gasteiger partial charge >= 0.3 is 0 Å². The summed E-state index contributed by atoms with van der Waals surface area (Å²) in [5.41, 5.74) is 7.41. The highest BCUT2D eigenvalue weighted by molar-refractivity contribution is 5.06. The average molecular weight is 247 g/mol. The molecule has 2 rings (SSSR count). The van der Waals surface area contributed by atoms with Crippen LogP contribution >= 0.6 is 0 Å². The Kier molecular flexibility index (Phi) is 4.36. The monoisotopic (exact) mass is 247 g/mol. The van der Waals surface area contributed by atoms with E-state index in [1.165, 1.54) is 25.7 Å². The smallest absolute Gasteiger partial charge is 0.0544 e. The standard InChI is InChI=1S/C15H25N3/c1-13-7-3-5-9-15(13,12-16)18(2)11-14-8-4-6-10-17-14/h4,6,8,10,13H,3,5,7,9,11-12,16H2,1-2H3. The van der Waals surface area contributed by atoms with Gasteiger partial charge < -0.3 is 5.73 Å². The number of rotatable bonds is 4. The molecule has 2 unspecified atom stereocenters. The molecule has 18 heavy (non-hydrogen) atoms. The molecule has 3 nitrogen and oxygen atoms in total. The van der Waals surface area contributed by atoms with Crippen LogP contribution < -0.4 is 5.73 Å². The Morgan fingerprint density at radius 3 is 2.89 bits per heavy atom. The van der Waals surface area contributed by atoms with Crippen molar-refractivity contribution in [3.63, 3.8) is 0 Å². The van der Waals surface area contributed by atoms with E-state index in [2.05, 4.69) is 36.0 Å². The van der Waals surface area contributed by atoms with Crippen LogP contribution in [0.1, 0.15) is 38.3 Å². The molecule has 0 spiro atoms. The molecule has 0 aliphatic heterocycles. The lowest BCUT2D eigenvalue weighted by molar-refractivity contribution is 0.0270. The van der Waals surface area contributed by atoms with Crippen LogP contribution in [0.15, 0.2) is 24.4 Å². The Morgan fingerprint density at radius 2 is 2.28 bits per heavy atom. The molecule has 0 amide bonds. The first-order chi connectivity index (χ1) is 8.69. The Bertz CT molecular complexity index is 365. The third-order valence-electron chi connectivity index (χ3n) is 4.65. The minimum absolute atomic E-state index is 0.162. The van der Waals surface area contributed by atoms with E-state index < -0.39 is 0 Å². The van der Waals surface area contributed by atoms with Crippen LogP contribution in [0.25, 0.3) is 0 Å². The van der Waals surface area contributed by atoms with Crippen molar-refractivity contribution in [2.45, 2.75) is 44.7 Å². The number of aromatic nitrogens is 1. The summed E-state index contributed by atoms with van der Waals surface area (Å²) in [6.07, 6.45) is 7.02. The zero-order chi connectivity index (χ0) is 13.0. The number of pyridine rings is 1. The molecule has 0 bridgehead atoms. The van der Waals surface area contributed by atoms with Gasteiger partial charge in [0.1, 0.15) is 0 Å². The van der Waals surface area contributed by atoms with Crippen molar-refractivity contribution in [2.24, 2.45) is 11.7 Å². The van der Waals surface area contributed by atoms with Crippen LogP contribution in [0.3, 0.4) is 0 Å².